The molecule has 0 atom stereocenters. The van der Waals surface area contributed by atoms with Crippen molar-refractivity contribution in [2.75, 3.05) is 25.0 Å². The zero-order valence-corrected chi connectivity index (χ0v) is 10.8. The fraction of sp³-hybridized carbons (Fsp3) is 0.700. The Morgan fingerprint density at radius 1 is 1.50 bits per heavy atom. The molecule has 0 bridgehead atoms. The van der Waals surface area contributed by atoms with Gasteiger partial charge in [0.1, 0.15) is 5.82 Å². The predicted molar refractivity (Wildman–Crippen MR) is 63.2 cm³/mol. The van der Waals surface area contributed by atoms with Crippen LogP contribution in [0, 0.1) is 0 Å². The van der Waals surface area contributed by atoms with E-state index in [0.717, 1.165) is 5.82 Å². The third kappa shape index (κ3) is 4.57. The normalized spacial score (nSPS) is 11.6. The Kier molecular flexibility index (Phi) is 5.90. The first-order valence-corrected chi connectivity index (χ1v) is 6.28. The van der Waals surface area contributed by atoms with Crippen molar-refractivity contribution in [3.8, 4) is 0 Å². The lowest BCUT2D eigenvalue weighted by atomic mass is 10.3. The Bertz CT molecular complexity index is 304. The van der Waals surface area contributed by atoms with E-state index in [0.29, 0.717) is 24.8 Å². The molecule has 16 heavy (non-hydrogen) atoms. The molecule has 0 saturated heterocycles. The molecule has 0 fully saturated rings. The Balaban J connectivity index is 2.40. The molecule has 6 heteroatoms. The molecule has 0 spiro atoms. The number of aromatic nitrogens is 2. The highest BCUT2D eigenvalue weighted by molar-refractivity contribution is 9.09. The van der Waals surface area contributed by atoms with E-state index in [-0.39, 0.29) is 6.54 Å². The van der Waals surface area contributed by atoms with Crippen molar-refractivity contribution < 1.29 is 8.78 Å². The summed E-state index contributed by atoms with van der Waals surface area (Å²) in [6.07, 6.45) is 2.00. The maximum atomic E-state index is 12.3. The third-order valence-corrected chi connectivity index (χ3v) is 2.72. The Hall–Kier alpha value is -0.490. The first kappa shape index (κ1) is 13.6. The second-order valence-corrected chi connectivity index (χ2v) is 4.38. The van der Waals surface area contributed by atoms with E-state index < -0.39 is 6.43 Å². The van der Waals surface area contributed by atoms with Crippen molar-refractivity contribution in [1.82, 2.24) is 14.5 Å². The summed E-state index contributed by atoms with van der Waals surface area (Å²) in [6, 6.07) is 0. The van der Waals surface area contributed by atoms with E-state index in [2.05, 4.69) is 20.9 Å². The van der Waals surface area contributed by atoms with E-state index in [4.69, 9.17) is 0 Å². The molecule has 92 valence electrons. The van der Waals surface area contributed by atoms with Crippen LogP contribution in [0.5, 0.6) is 0 Å². The maximum Gasteiger partial charge on any atom is 0.251 e. The number of nitrogens with zero attached hydrogens (tertiary/aromatic N) is 3. The van der Waals surface area contributed by atoms with E-state index in [9.17, 15) is 8.78 Å². The van der Waals surface area contributed by atoms with Gasteiger partial charge in [-0.1, -0.05) is 15.9 Å². The Morgan fingerprint density at radius 3 is 2.75 bits per heavy atom. The highest BCUT2D eigenvalue weighted by Crippen LogP contribution is 2.03. The van der Waals surface area contributed by atoms with E-state index in [1.165, 1.54) is 0 Å². The molecule has 0 N–H and O–H groups in total. The molecule has 0 amide bonds. The fourth-order valence-electron chi connectivity index (χ4n) is 1.50. The summed E-state index contributed by atoms with van der Waals surface area (Å²) in [7, 11) is 1.91. The van der Waals surface area contributed by atoms with Gasteiger partial charge in [-0.05, 0) is 0 Å². The van der Waals surface area contributed by atoms with Crippen LogP contribution in [-0.4, -0.2) is 45.8 Å². The zero-order valence-electron chi connectivity index (χ0n) is 9.24. The van der Waals surface area contributed by atoms with Gasteiger partial charge in [-0.3, -0.25) is 4.90 Å². The van der Waals surface area contributed by atoms with Gasteiger partial charge in [0.25, 0.3) is 6.43 Å². The summed E-state index contributed by atoms with van der Waals surface area (Å²) in [5, 5.41) is 0.709. The largest absolute Gasteiger partial charge is 0.338 e. The molecule has 0 radical (unpaired) electrons. The summed E-state index contributed by atoms with van der Waals surface area (Å²) in [6.45, 7) is 1.07. The van der Waals surface area contributed by atoms with Crippen LogP contribution in [-0.2, 0) is 13.5 Å². The number of imidazole rings is 1. The molecular formula is C10H16BrF2N3. The van der Waals surface area contributed by atoms with Gasteiger partial charge in [-0.15, -0.1) is 0 Å². The first-order chi connectivity index (χ1) is 7.63. The van der Waals surface area contributed by atoms with Crippen LogP contribution >= 0.6 is 15.9 Å². The van der Waals surface area contributed by atoms with Crippen LogP contribution < -0.4 is 0 Å². The highest BCUT2D eigenvalue weighted by atomic mass is 79.9. The Labute approximate surface area is 103 Å². The highest BCUT2D eigenvalue weighted by Gasteiger charge is 2.12. The molecule has 0 saturated carbocycles. The number of rotatable bonds is 7. The molecule has 0 aliphatic carbocycles. The quantitative estimate of drug-likeness (QED) is 0.717. The zero-order chi connectivity index (χ0) is 12.0. The van der Waals surface area contributed by atoms with Gasteiger partial charge < -0.3 is 4.57 Å². The number of hydrogen-bond acceptors (Lipinski definition) is 2. The van der Waals surface area contributed by atoms with E-state index in [1.807, 2.05) is 17.8 Å². The smallest absolute Gasteiger partial charge is 0.251 e. The second-order valence-electron chi connectivity index (χ2n) is 3.59. The molecule has 1 rings (SSSR count). The molecule has 3 nitrogen and oxygen atoms in total. The van der Waals surface area contributed by atoms with Gasteiger partial charge in [0, 0.05) is 44.3 Å². The number of hydrogen-bond donors (Lipinski definition) is 0. The minimum Gasteiger partial charge on any atom is -0.338 e. The Morgan fingerprint density at radius 2 is 2.25 bits per heavy atom. The first-order valence-electron chi connectivity index (χ1n) is 5.16. The summed E-state index contributed by atoms with van der Waals surface area (Å²) in [5.41, 5.74) is 0. The molecule has 0 aromatic carbocycles. The number of aryl methyl sites for hydroxylation is 1. The third-order valence-electron chi connectivity index (χ3n) is 2.37. The summed E-state index contributed by atoms with van der Waals surface area (Å²) >= 11 is 3.27. The average Bonchev–Trinajstić information content (AvgIpc) is 2.60. The van der Waals surface area contributed by atoms with Gasteiger partial charge in [-0.2, -0.15) is 0 Å². The molecule has 0 aliphatic rings. The molecule has 1 aromatic heterocycles. The van der Waals surface area contributed by atoms with Crippen LogP contribution in [0.3, 0.4) is 0 Å². The van der Waals surface area contributed by atoms with Crippen molar-refractivity contribution in [2.45, 2.75) is 12.8 Å². The van der Waals surface area contributed by atoms with E-state index in [1.54, 1.807) is 11.1 Å². The van der Waals surface area contributed by atoms with E-state index >= 15 is 0 Å². The predicted octanol–water partition coefficient (Wildman–Crippen LogP) is 1.92. The van der Waals surface area contributed by atoms with Crippen molar-refractivity contribution >= 4 is 15.9 Å². The monoisotopic (exact) mass is 295 g/mol. The molecule has 1 aromatic rings. The van der Waals surface area contributed by atoms with Gasteiger partial charge in [0.15, 0.2) is 0 Å². The number of halogens is 3. The van der Waals surface area contributed by atoms with Crippen molar-refractivity contribution in [3.05, 3.63) is 18.2 Å². The summed E-state index contributed by atoms with van der Waals surface area (Å²) < 4.78 is 26.5. The lowest BCUT2D eigenvalue weighted by Gasteiger charge is -2.20. The number of alkyl halides is 3. The topological polar surface area (TPSA) is 21.1 Å². The van der Waals surface area contributed by atoms with Crippen LogP contribution in [0.15, 0.2) is 12.4 Å². The van der Waals surface area contributed by atoms with Gasteiger partial charge in [-0.25, -0.2) is 13.8 Å². The van der Waals surface area contributed by atoms with Crippen LogP contribution in [0.2, 0.25) is 0 Å². The molecule has 0 aliphatic heterocycles. The van der Waals surface area contributed by atoms with Crippen molar-refractivity contribution in [2.24, 2.45) is 7.05 Å². The minimum atomic E-state index is -2.28. The second kappa shape index (κ2) is 6.96. The maximum absolute atomic E-state index is 12.3. The van der Waals surface area contributed by atoms with Crippen molar-refractivity contribution in [1.29, 1.82) is 0 Å². The van der Waals surface area contributed by atoms with Crippen LogP contribution in [0.4, 0.5) is 8.78 Å². The SMILES string of the molecule is Cn1ccnc1CCN(CCBr)CC(F)F. The van der Waals surface area contributed by atoms with Gasteiger partial charge in [0.2, 0.25) is 0 Å². The lowest BCUT2D eigenvalue weighted by molar-refractivity contribution is 0.0916. The minimum absolute atomic E-state index is 0.171. The molecule has 0 unspecified atom stereocenters. The average molecular weight is 296 g/mol. The summed E-state index contributed by atoms with van der Waals surface area (Å²) in [5.74, 6) is 0.925. The molecular weight excluding hydrogens is 280 g/mol. The van der Waals surface area contributed by atoms with Crippen LogP contribution in [0.25, 0.3) is 0 Å². The fourth-order valence-corrected chi connectivity index (χ4v) is 2.01. The lowest BCUT2D eigenvalue weighted by Crippen LogP contribution is -2.33. The van der Waals surface area contributed by atoms with Crippen molar-refractivity contribution in [3.63, 3.8) is 0 Å². The standard InChI is InChI=1S/C10H16BrF2N3/c1-15-7-4-14-10(15)2-5-16(6-3-11)8-9(12)13/h4,7,9H,2-3,5-6,8H2,1H3. The van der Waals surface area contributed by atoms with Crippen LogP contribution in [0.1, 0.15) is 5.82 Å². The van der Waals surface area contributed by atoms with Gasteiger partial charge in [0.05, 0.1) is 6.54 Å². The molecule has 1 heterocycles. The van der Waals surface area contributed by atoms with Gasteiger partial charge >= 0.3 is 0 Å². The summed E-state index contributed by atoms with van der Waals surface area (Å²) in [4.78, 5) is 5.91.